The average Bonchev–Trinajstić information content (AvgIpc) is 3.03. The largest absolute Gasteiger partial charge is 0.378 e. The van der Waals surface area contributed by atoms with Gasteiger partial charge in [0.1, 0.15) is 12.1 Å². The minimum absolute atomic E-state index is 0.113. The summed E-state index contributed by atoms with van der Waals surface area (Å²) in [6.45, 7) is 2.98. The van der Waals surface area contributed by atoms with E-state index in [9.17, 15) is 24.0 Å². The van der Waals surface area contributed by atoms with Crippen LogP contribution in [-0.2, 0) is 35.1 Å². The molecule has 7 N–H and O–H groups in total. The van der Waals surface area contributed by atoms with Crippen LogP contribution in [0.4, 0.5) is 0 Å². The van der Waals surface area contributed by atoms with E-state index in [0.29, 0.717) is 78.0 Å². The third-order valence-electron chi connectivity index (χ3n) is 7.60. The zero-order valence-corrected chi connectivity index (χ0v) is 24.2. The van der Waals surface area contributed by atoms with Crippen LogP contribution in [0, 0.1) is 5.92 Å². The molecule has 2 atom stereocenters. The summed E-state index contributed by atoms with van der Waals surface area (Å²) in [5.74, 6) is -1.76. The highest BCUT2D eigenvalue weighted by Gasteiger charge is 2.33. The lowest BCUT2D eigenvalue weighted by atomic mass is 9.94. The van der Waals surface area contributed by atoms with E-state index in [-0.39, 0.29) is 37.2 Å². The Hall–Kier alpha value is -3.55. The Kier molecular flexibility index (Phi) is 13.7. The van der Waals surface area contributed by atoms with Crippen molar-refractivity contribution in [3.63, 3.8) is 0 Å². The molecule has 2 heterocycles. The van der Waals surface area contributed by atoms with Gasteiger partial charge in [0.05, 0.1) is 26.3 Å². The molecular weight excluding hydrogens is 542 g/mol. The van der Waals surface area contributed by atoms with Crippen molar-refractivity contribution < 1.29 is 28.7 Å². The normalized spacial score (nSPS) is 17.2. The lowest BCUT2D eigenvalue weighted by Crippen LogP contribution is -2.55. The molecule has 1 aromatic carbocycles. The lowest BCUT2D eigenvalue weighted by Gasteiger charge is -2.36. The predicted molar refractivity (Wildman–Crippen MR) is 156 cm³/mol. The summed E-state index contributed by atoms with van der Waals surface area (Å²) in [6.07, 6.45) is 3.12. The number of benzene rings is 1. The quantitative estimate of drug-likeness (QED) is 0.163. The molecule has 0 unspecified atom stereocenters. The first-order valence-corrected chi connectivity index (χ1v) is 14.8. The minimum atomic E-state index is -0.917. The number of carbonyl (C=O) groups excluding carboxylic acids is 5. The van der Waals surface area contributed by atoms with Crippen LogP contribution in [0.3, 0.4) is 0 Å². The van der Waals surface area contributed by atoms with Gasteiger partial charge in [0.25, 0.3) is 0 Å². The molecule has 2 saturated heterocycles. The standard InChI is InChI=1S/C29H45N7O6/c30-11-5-4-8-23(29(41)35-12-9-22(10-13-35)28(40)36-14-16-42-17-15-36)33-26(38)20-32-27(39)24(34-25(37)19-31)18-21-6-2-1-3-7-21/h1-3,6-7,22-24H,4-5,8-20,30-31H2,(H,32,39)(H,33,38)(H,34,37)/t23-,24-/m1/s1. The van der Waals surface area contributed by atoms with Crippen LogP contribution >= 0.6 is 0 Å². The Morgan fingerprint density at radius 1 is 0.857 bits per heavy atom. The Morgan fingerprint density at radius 3 is 2.17 bits per heavy atom. The van der Waals surface area contributed by atoms with Gasteiger partial charge >= 0.3 is 0 Å². The van der Waals surface area contributed by atoms with Crippen LogP contribution < -0.4 is 27.4 Å². The highest BCUT2D eigenvalue weighted by atomic mass is 16.5. The first-order valence-electron chi connectivity index (χ1n) is 14.8. The number of unbranched alkanes of at least 4 members (excludes halogenated alkanes) is 1. The molecule has 3 rings (SSSR count). The Morgan fingerprint density at radius 2 is 1.52 bits per heavy atom. The fraction of sp³-hybridized carbons (Fsp3) is 0.621. The maximum Gasteiger partial charge on any atom is 0.245 e. The van der Waals surface area contributed by atoms with Crippen molar-refractivity contribution in [2.24, 2.45) is 17.4 Å². The SMILES string of the molecule is NCCCC[C@@H](NC(=O)CNC(=O)[C@@H](Cc1ccccc1)NC(=O)CN)C(=O)N1CCC(C(=O)N2CCOCC2)CC1. The van der Waals surface area contributed by atoms with Gasteiger partial charge < -0.3 is 42.0 Å². The molecule has 0 radical (unpaired) electrons. The highest BCUT2D eigenvalue weighted by molar-refractivity contribution is 5.93. The molecule has 0 bridgehead atoms. The lowest BCUT2D eigenvalue weighted by molar-refractivity contribution is -0.144. The van der Waals surface area contributed by atoms with Crippen LogP contribution in [-0.4, -0.2) is 110 Å². The van der Waals surface area contributed by atoms with Gasteiger partial charge in [0.2, 0.25) is 29.5 Å². The van der Waals surface area contributed by atoms with E-state index in [4.69, 9.17) is 16.2 Å². The molecule has 232 valence electrons. The van der Waals surface area contributed by atoms with Crippen molar-refractivity contribution in [1.29, 1.82) is 0 Å². The van der Waals surface area contributed by atoms with Crippen molar-refractivity contribution in [2.75, 3.05) is 59.0 Å². The Labute approximate surface area is 247 Å². The number of nitrogens with two attached hydrogens (primary N) is 2. The molecule has 13 heteroatoms. The van der Waals surface area contributed by atoms with Crippen molar-refractivity contribution in [2.45, 2.75) is 50.6 Å². The Bertz CT molecular complexity index is 1040. The molecule has 0 aromatic heterocycles. The summed E-state index contributed by atoms with van der Waals surface area (Å²) in [4.78, 5) is 67.5. The summed E-state index contributed by atoms with van der Waals surface area (Å²) in [7, 11) is 0. The van der Waals surface area contributed by atoms with E-state index < -0.39 is 29.8 Å². The number of ether oxygens (including phenoxy) is 1. The first-order chi connectivity index (χ1) is 20.3. The zero-order valence-electron chi connectivity index (χ0n) is 24.2. The molecule has 2 fully saturated rings. The first kappa shape index (κ1) is 33.0. The van der Waals surface area contributed by atoms with E-state index in [1.165, 1.54) is 0 Å². The summed E-state index contributed by atoms with van der Waals surface area (Å²) in [5.41, 5.74) is 11.9. The second-order valence-electron chi connectivity index (χ2n) is 10.7. The monoisotopic (exact) mass is 587 g/mol. The van der Waals surface area contributed by atoms with Crippen molar-refractivity contribution in [3.05, 3.63) is 35.9 Å². The second kappa shape index (κ2) is 17.4. The van der Waals surface area contributed by atoms with Gasteiger partial charge in [-0.25, -0.2) is 0 Å². The van der Waals surface area contributed by atoms with Gasteiger partial charge in [-0.05, 0) is 44.2 Å². The molecule has 13 nitrogen and oxygen atoms in total. The summed E-state index contributed by atoms with van der Waals surface area (Å²) >= 11 is 0. The van der Waals surface area contributed by atoms with Crippen molar-refractivity contribution in [3.8, 4) is 0 Å². The molecular formula is C29H45N7O6. The van der Waals surface area contributed by atoms with Crippen LogP contribution in [0.25, 0.3) is 0 Å². The molecule has 0 aliphatic carbocycles. The molecule has 0 saturated carbocycles. The number of rotatable bonds is 14. The molecule has 2 aliphatic heterocycles. The molecule has 5 amide bonds. The van der Waals surface area contributed by atoms with Crippen molar-refractivity contribution in [1.82, 2.24) is 25.8 Å². The van der Waals surface area contributed by atoms with Crippen molar-refractivity contribution >= 4 is 29.5 Å². The van der Waals surface area contributed by atoms with Crippen LogP contribution in [0.15, 0.2) is 30.3 Å². The smallest absolute Gasteiger partial charge is 0.245 e. The van der Waals surface area contributed by atoms with Gasteiger partial charge in [0.15, 0.2) is 0 Å². The summed E-state index contributed by atoms with van der Waals surface area (Å²) in [5, 5.41) is 7.94. The number of nitrogens with zero attached hydrogens (tertiary/aromatic N) is 2. The predicted octanol–water partition coefficient (Wildman–Crippen LogP) is -1.50. The molecule has 1 aromatic rings. The summed E-state index contributed by atoms with van der Waals surface area (Å²) < 4.78 is 5.34. The number of carbonyl (C=O) groups is 5. The number of hydrogen-bond donors (Lipinski definition) is 5. The van der Waals surface area contributed by atoms with E-state index in [0.717, 1.165) is 5.56 Å². The fourth-order valence-electron chi connectivity index (χ4n) is 5.21. The van der Waals surface area contributed by atoms with E-state index in [1.807, 2.05) is 35.2 Å². The minimum Gasteiger partial charge on any atom is -0.378 e. The van der Waals surface area contributed by atoms with Gasteiger partial charge in [-0.15, -0.1) is 0 Å². The van der Waals surface area contributed by atoms with E-state index in [1.54, 1.807) is 4.90 Å². The van der Waals surface area contributed by atoms with Crippen LogP contribution in [0.1, 0.15) is 37.7 Å². The summed E-state index contributed by atoms with van der Waals surface area (Å²) in [6, 6.07) is 7.48. The maximum absolute atomic E-state index is 13.4. The third kappa shape index (κ3) is 10.4. The molecule has 2 aliphatic rings. The van der Waals surface area contributed by atoms with Gasteiger partial charge in [0, 0.05) is 38.5 Å². The number of nitrogens with one attached hydrogen (secondary N) is 3. The van der Waals surface area contributed by atoms with E-state index in [2.05, 4.69) is 16.0 Å². The number of hydrogen-bond acceptors (Lipinski definition) is 8. The topological polar surface area (TPSA) is 189 Å². The number of morpholine rings is 1. The van der Waals surface area contributed by atoms with Crippen LogP contribution in [0.5, 0.6) is 0 Å². The highest BCUT2D eigenvalue weighted by Crippen LogP contribution is 2.21. The average molecular weight is 588 g/mol. The number of amides is 5. The third-order valence-corrected chi connectivity index (χ3v) is 7.60. The van der Waals surface area contributed by atoms with Gasteiger partial charge in [-0.1, -0.05) is 30.3 Å². The van der Waals surface area contributed by atoms with E-state index >= 15 is 0 Å². The molecule has 0 spiro atoms. The van der Waals surface area contributed by atoms with Crippen LogP contribution in [0.2, 0.25) is 0 Å². The second-order valence-corrected chi connectivity index (χ2v) is 10.7. The molecule has 42 heavy (non-hydrogen) atoms. The van der Waals surface area contributed by atoms with Gasteiger partial charge in [-0.2, -0.15) is 0 Å². The number of piperidine rings is 1. The van der Waals surface area contributed by atoms with Gasteiger partial charge in [-0.3, -0.25) is 24.0 Å². The Balaban J connectivity index is 1.53. The zero-order chi connectivity index (χ0) is 30.3. The number of likely N-dealkylation sites (tertiary alicyclic amines) is 1. The fourth-order valence-corrected chi connectivity index (χ4v) is 5.21. The maximum atomic E-state index is 13.4.